The van der Waals surface area contributed by atoms with Crippen molar-refractivity contribution in [2.45, 2.75) is 6.92 Å². The lowest BCUT2D eigenvalue weighted by molar-refractivity contribution is -1.24. The van der Waals surface area contributed by atoms with E-state index in [2.05, 4.69) is 0 Å². The van der Waals surface area contributed by atoms with Gasteiger partial charge in [-0.1, -0.05) is 5.23 Å². The third-order valence-corrected chi connectivity index (χ3v) is 1.16. The van der Waals surface area contributed by atoms with Gasteiger partial charge in [0.25, 0.3) is 0 Å². The van der Waals surface area contributed by atoms with Crippen LogP contribution in [0.2, 0.25) is 0 Å². The van der Waals surface area contributed by atoms with Gasteiger partial charge >= 0.3 is 0 Å². The maximum absolute atomic E-state index is 8.82. The number of hydrogen-bond acceptors (Lipinski definition) is 5. The van der Waals surface area contributed by atoms with Crippen molar-refractivity contribution in [1.29, 1.82) is 0 Å². The first-order chi connectivity index (χ1) is 4.48. The summed E-state index contributed by atoms with van der Waals surface area (Å²) in [6.45, 7) is 1.32. The Hall–Kier alpha value is -0.240. The van der Waals surface area contributed by atoms with Crippen LogP contribution in [0.25, 0.3) is 0 Å². The second-order valence-electron chi connectivity index (χ2n) is 2.01. The normalized spacial score (nSPS) is 12.6. The van der Waals surface area contributed by atoms with Gasteiger partial charge in [0.05, 0.1) is 0 Å². The van der Waals surface area contributed by atoms with Crippen LogP contribution in [0.1, 0.15) is 6.92 Å². The Bertz CT molecular complexity index is 95.3. The SMILES string of the molecule is CC[N+](O)(O)CCN(O)O. The third-order valence-electron chi connectivity index (χ3n) is 1.16. The molecule has 6 nitrogen and oxygen atoms in total. The zero-order chi connectivity index (χ0) is 8.20. The molecule has 0 amide bonds. The van der Waals surface area contributed by atoms with Crippen molar-refractivity contribution in [3.63, 3.8) is 0 Å². The Labute approximate surface area is 58.6 Å². The molecular formula is C4H13N2O4+. The number of hydroxylamine groups is 6. The fourth-order valence-electron chi connectivity index (χ4n) is 0.408. The second-order valence-corrected chi connectivity index (χ2v) is 2.01. The van der Waals surface area contributed by atoms with Gasteiger partial charge in [-0.25, -0.2) is 0 Å². The monoisotopic (exact) mass is 153 g/mol. The van der Waals surface area contributed by atoms with Crippen molar-refractivity contribution < 1.29 is 25.6 Å². The van der Waals surface area contributed by atoms with Crippen molar-refractivity contribution in [1.82, 2.24) is 5.23 Å². The zero-order valence-corrected chi connectivity index (χ0v) is 5.80. The molecule has 0 fully saturated rings. The Balaban J connectivity index is 3.46. The van der Waals surface area contributed by atoms with Crippen molar-refractivity contribution in [3.05, 3.63) is 0 Å². The molecule has 0 aliphatic carbocycles. The largest absolute Gasteiger partial charge is 0.290 e. The fourth-order valence-corrected chi connectivity index (χ4v) is 0.408. The van der Waals surface area contributed by atoms with E-state index in [0.29, 0.717) is 0 Å². The summed E-state index contributed by atoms with van der Waals surface area (Å²) in [5, 5.41) is 33.9. The zero-order valence-electron chi connectivity index (χ0n) is 5.80. The van der Waals surface area contributed by atoms with Gasteiger partial charge < -0.3 is 0 Å². The molecule has 0 radical (unpaired) electrons. The number of rotatable bonds is 4. The summed E-state index contributed by atoms with van der Waals surface area (Å²) >= 11 is 0. The van der Waals surface area contributed by atoms with E-state index >= 15 is 0 Å². The molecule has 0 atom stereocenters. The highest BCUT2D eigenvalue weighted by atomic mass is 16.8. The number of nitrogens with zero attached hydrogens (tertiary/aromatic N) is 2. The number of hydrogen-bond donors (Lipinski definition) is 4. The topological polar surface area (TPSA) is 84.2 Å². The van der Waals surface area contributed by atoms with Gasteiger partial charge in [0.2, 0.25) is 0 Å². The molecule has 0 aromatic carbocycles. The first kappa shape index (κ1) is 9.76. The molecule has 0 spiro atoms. The summed E-state index contributed by atoms with van der Waals surface area (Å²) in [6.07, 6.45) is 0. The van der Waals surface area contributed by atoms with Gasteiger partial charge in [0.1, 0.15) is 13.1 Å². The van der Waals surface area contributed by atoms with E-state index in [9.17, 15) is 0 Å². The van der Waals surface area contributed by atoms with Crippen LogP contribution in [0.5, 0.6) is 0 Å². The van der Waals surface area contributed by atoms with Crippen LogP contribution in [0.3, 0.4) is 0 Å². The minimum Gasteiger partial charge on any atom is -0.290 e. The lowest BCUT2D eigenvalue weighted by atomic mass is 10.6. The van der Waals surface area contributed by atoms with Crippen molar-refractivity contribution >= 4 is 0 Å². The summed E-state index contributed by atoms with van der Waals surface area (Å²) < 4.78 is 0. The summed E-state index contributed by atoms with van der Waals surface area (Å²) in [4.78, 5) is -1.20. The molecule has 4 N–H and O–H groups in total. The molecule has 6 heteroatoms. The Kier molecular flexibility index (Phi) is 3.72. The van der Waals surface area contributed by atoms with Crippen LogP contribution in [-0.2, 0) is 0 Å². The van der Waals surface area contributed by atoms with Crippen molar-refractivity contribution in [3.8, 4) is 0 Å². The maximum atomic E-state index is 8.82. The van der Waals surface area contributed by atoms with E-state index in [0.717, 1.165) is 0 Å². The molecule has 0 bridgehead atoms. The van der Waals surface area contributed by atoms with Crippen molar-refractivity contribution in [2.24, 2.45) is 0 Å². The second kappa shape index (κ2) is 3.81. The molecule has 0 rings (SSSR count). The molecule has 0 aromatic rings. The Morgan fingerprint density at radius 3 is 2.10 bits per heavy atom. The lowest BCUT2D eigenvalue weighted by Crippen LogP contribution is -2.45. The number of likely N-dealkylation sites (N-methyl/N-ethyl adjacent to an activating group) is 1. The molecule has 0 saturated carbocycles. The van der Waals surface area contributed by atoms with Crippen LogP contribution in [0.4, 0.5) is 0 Å². The molecule has 0 unspecified atom stereocenters. The highest BCUT2D eigenvalue weighted by molar-refractivity contribution is 4.25. The summed E-state index contributed by atoms with van der Waals surface area (Å²) in [5.74, 6) is 0. The van der Waals surface area contributed by atoms with E-state index in [4.69, 9.17) is 20.8 Å². The predicted molar refractivity (Wildman–Crippen MR) is 29.5 cm³/mol. The van der Waals surface area contributed by atoms with Crippen molar-refractivity contribution in [2.75, 3.05) is 19.6 Å². The Morgan fingerprint density at radius 2 is 1.80 bits per heavy atom. The summed E-state index contributed by atoms with van der Waals surface area (Å²) in [5.41, 5.74) is 0. The summed E-state index contributed by atoms with van der Waals surface area (Å²) in [7, 11) is 0. The van der Waals surface area contributed by atoms with E-state index in [1.807, 2.05) is 0 Å². The van der Waals surface area contributed by atoms with E-state index in [1.165, 1.54) is 0 Å². The average molecular weight is 153 g/mol. The molecule has 0 saturated heterocycles. The van der Waals surface area contributed by atoms with Gasteiger partial charge in [-0.05, 0) is 11.7 Å². The van der Waals surface area contributed by atoms with Crippen LogP contribution in [-0.4, -0.2) is 50.5 Å². The molecule has 0 aliphatic rings. The molecular weight excluding hydrogens is 140 g/mol. The lowest BCUT2D eigenvalue weighted by Gasteiger charge is -2.19. The van der Waals surface area contributed by atoms with Crippen LogP contribution in [0, 0.1) is 0 Å². The maximum Gasteiger partial charge on any atom is 0.159 e. The standard InChI is InChI=1S/C4H13N2O4/c1-2-6(9,10)4-3-5(7)8/h7-10H,2-4H2,1H3/q+1. The highest BCUT2D eigenvalue weighted by Crippen LogP contribution is 1.93. The van der Waals surface area contributed by atoms with E-state index in [1.54, 1.807) is 6.92 Å². The highest BCUT2D eigenvalue weighted by Gasteiger charge is 2.19. The van der Waals surface area contributed by atoms with Gasteiger partial charge in [0, 0.05) is 0 Å². The van der Waals surface area contributed by atoms with E-state index < -0.39 is 4.81 Å². The van der Waals surface area contributed by atoms with E-state index in [-0.39, 0.29) is 24.9 Å². The van der Waals surface area contributed by atoms with Gasteiger partial charge in [-0.2, -0.15) is 10.4 Å². The minimum absolute atomic E-state index is 0.0882. The number of quaternary nitrogens is 1. The predicted octanol–water partition coefficient (Wildman–Crippen LogP) is -0.318. The minimum atomic E-state index is -1.20. The average Bonchev–Trinajstić information content (AvgIpc) is 1.85. The molecule has 0 heterocycles. The van der Waals surface area contributed by atoms with Gasteiger partial charge in [-0.3, -0.25) is 10.4 Å². The smallest absolute Gasteiger partial charge is 0.159 e. The molecule has 10 heavy (non-hydrogen) atoms. The quantitative estimate of drug-likeness (QED) is 0.328. The van der Waals surface area contributed by atoms with Crippen LogP contribution >= 0.6 is 0 Å². The van der Waals surface area contributed by atoms with Gasteiger partial charge in [0.15, 0.2) is 6.54 Å². The molecule has 0 aliphatic heterocycles. The van der Waals surface area contributed by atoms with Crippen LogP contribution in [0.15, 0.2) is 0 Å². The van der Waals surface area contributed by atoms with Crippen LogP contribution < -0.4 is 0 Å². The first-order valence-electron chi connectivity index (χ1n) is 2.96. The van der Waals surface area contributed by atoms with Gasteiger partial charge in [-0.15, -0.1) is 0 Å². The molecule has 62 valence electrons. The summed E-state index contributed by atoms with van der Waals surface area (Å²) in [6, 6.07) is 0. The first-order valence-corrected chi connectivity index (χ1v) is 2.96. The fraction of sp³-hybridized carbons (Fsp3) is 1.00. The third kappa shape index (κ3) is 4.62. The molecule has 0 aromatic heterocycles. The Morgan fingerprint density at radius 1 is 1.30 bits per heavy atom.